The lowest BCUT2D eigenvalue weighted by Gasteiger charge is -2.13. The molecule has 0 spiro atoms. The van der Waals surface area contributed by atoms with Crippen LogP contribution in [-0.4, -0.2) is 42.6 Å². The fraction of sp³-hybridized carbons (Fsp3) is 0.444. The van der Waals surface area contributed by atoms with Crippen molar-refractivity contribution >= 4 is 11.9 Å². The lowest BCUT2D eigenvalue weighted by molar-refractivity contribution is -0.140. The van der Waals surface area contributed by atoms with E-state index in [0.717, 1.165) is 0 Å². The summed E-state index contributed by atoms with van der Waals surface area (Å²) >= 11 is 0. The van der Waals surface area contributed by atoms with Crippen molar-refractivity contribution in [3.8, 4) is 0 Å². The molecule has 1 aromatic rings. The van der Waals surface area contributed by atoms with Gasteiger partial charge in [0.15, 0.2) is 0 Å². The Kier molecular flexibility index (Phi) is 3.84. The number of aromatic nitrogens is 1. The molecule has 0 aromatic carbocycles. The maximum atomic E-state index is 11.5. The maximum absolute atomic E-state index is 11.5. The van der Waals surface area contributed by atoms with E-state index in [0.29, 0.717) is 0 Å². The van der Waals surface area contributed by atoms with Crippen molar-refractivity contribution in [2.75, 3.05) is 20.7 Å². The van der Waals surface area contributed by atoms with E-state index in [1.54, 1.807) is 7.05 Å². The molecule has 0 radical (unpaired) electrons. The molecular formula is C9H12N2O4. The van der Waals surface area contributed by atoms with E-state index in [1.807, 2.05) is 0 Å². The van der Waals surface area contributed by atoms with Crippen LogP contribution in [0.2, 0.25) is 0 Å². The Hall–Kier alpha value is -1.85. The molecule has 82 valence electrons. The third-order valence-corrected chi connectivity index (χ3v) is 1.87. The third kappa shape index (κ3) is 3.08. The highest BCUT2D eigenvalue weighted by Gasteiger charge is 2.15. The van der Waals surface area contributed by atoms with Crippen molar-refractivity contribution in [2.45, 2.75) is 6.42 Å². The van der Waals surface area contributed by atoms with Crippen molar-refractivity contribution < 1.29 is 18.8 Å². The summed E-state index contributed by atoms with van der Waals surface area (Å²) in [7, 11) is 2.88. The summed E-state index contributed by atoms with van der Waals surface area (Å²) in [6.07, 6.45) is 1.55. The molecule has 0 aliphatic carbocycles. The van der Waals surface area contributed by atoms with Crippen LogP contribution in [0.1, 0.15) is 17.0 Å². The van der Waals surface area contributed by atoms with E-state index in [2.05, 4.69) is 9.89 Å². The highest BCUT2D eigenvalue weighted by atomic mass is 16.5. The SMILES string of the molecule is COC(=O)CCN(C)C(=O)c1ccno1. The molecule has 6 heteroatoms. The molecule has 1 heterocycles. The van der Waals surface area contributed by atoms with Gasteiger partial charge in [-0.05, 0) is 0 Å². The first-order valence-corrected chi connectivity index (χ1v) is 4.38. The molecule has 0 aliphatic rings. The summed E-state index contributed by atoms with van der Waals surface area (Å²) in [5.41, 5.74) is 0. The molecule has 6 nitrogen and oxygen atoms in total. The fourth-order valence-corrected chi connectivity index (χ4v) is 0.977. The summed E-state index contributed by atoms with van der Waals surface area (Å²) in [5, 5.41) is 3.42. The number of hydrogen-bond donors (Lipinski definition) is 0. The van der Waals surface area contributed by atoms with Crippen molar-refractivity contribution in [2.24, 2.45) is 0 Å². The monoisotopic (exact) mass is 212 g/mol. The van der Waals surface area contributed by atoms with E-state index in [-0.39, 0.29) is 30.6 Å². The molecule has 0 saturated carbocycles. The minimum Gasteiger partial charge on any atom is -0.469 e. The standard InChI is InChI=1S/C9H12N2O4/c1-11(6-4-8(12)14-2)9(13)7-3-5-10-15-7/h3,5H,4,6H2,1-2H3. The molecule has 1 amide bonds. The van der Waals surface area contributed by atoms with Crippen LogP contribution in [0.25, 0.3) is 0 Å². The van der Waals surface area contributed by atoms with Crippen molar-refractivity contribution in [3.05, 3.63) is 18.0 Å². The Labute approximate surface area is 86.8 Å². The lowest BCUT2D eigenvalue weighted by Crippen LogP contribution is -2.28. The second-order valence-corrected chi connectivity index (χ2v) is 2.93. The molecule has 0 unspecified atom stereocenters. The van der Waals surface area contributed by atoms with Crippen LogP contribution in [-0.2, 0) is 9.53 Å². The van der Waals surface area contributed by atoms with Gasteiger partial charge in [0.2, 0.25) is 5.76 Å². The number of carbonyl (C=O) groups excluding carboxylic acids is 2. The molecular weight excluding hydrogens is 200 g/mol. The van der Waals surface area contributed by atoms with Gasteiger partial charge in [-0.1, -0.05) is 5.16 Å². The van der Waals surface area contributed by atoms with Gasteiger partial charge in [0.05, 0.1) is 19.7 Å². The molecule has 0 aliphatic heterocycles. The van der Waals surface area contributed by atoms with Crippen LogP contribution in [0, 0.1) is 0 Å². The first-order chi connectivity index (χ1) is 7.15. The van der Waals surface area contributed by atoms with Gasteiger partial charge in [0.1, 0.15) is 0 Å². The smallest absolute Gasteiger partial charge is 0.307 e. The number of esters is 1. The normalized spacial score (nSPS) is 9.73. The second kappa shape index (κ2) is 5.14. The van der Waals surface area contributed by atoms with E-state index in [4.69, 9.17) is 4.52 Å². The summed E-state index contributed by atoms with van der Waals surface area (Å²) in [4.78, 5) is 23.7. The molecule has 1 aromatic heterocycles. The van der Waals surface area contributed by atoms with Crippen molar-refractivity contribution in [3.63, 3.8) is 0 Å². The zero-order chi connectivity index (χ0) is 11.3. The van der Waals surface area contributed by atoms with E-state index >= 15 is 0 Å². The van der Waals surface area contributed by atoms with Gasteiger partial charge in [-0.2, -0.15) is 0 Å². The van der Waals surface area contributed by atoms with Crippen LogP contribution < -0.4 is 0 Å². The van der Waals surface area contributed by atoms with Crippen LogP contribution in [0.4, 0.5) is 0 Å². The van der Waals surface area contributed by atoms with Gasteiger partial charge in [0, 0.05) is 19.7 Å². The van der Waals surface area contributed by atoms with Gasteiger partial charge >= 0.3 is 5.97 Å². The fourth-order valence-electron chi connectivity index (χ4n) is 0.977. The summed E-state index contributed by atoms with van der Waals surface area (Å²) in [6.45, 7) is 0.284. The summed E-state index contributed by atoms with van der Waals surface area (Å²) in [5.74, 6) is -0.508. The zero-order valence-corrected chi connectivity index (χ0v) is 8.60. The number of hydrogen-bond acceptors (Lipinski definition) is 5. The molecule has 0 atom stereocenters. The maximum Gasteiger partial charge on any atom is 0.307 e. The Bertz CT molecular complexity index is 334. The Morgan fingerprint density at radius 3 is 2.87 bits per heavy atom. The zero-order valence-electron chi connectivity index (χ0n) is 8.60. The first-order valence-electron chi connectivity index (χ1n) is 4.38. The summed E-state index contributed by atoms with van der Waals surface area (Å²) < 4.78 is 9.15. The molecule has 15 heavy (non-hydrogen) atoms. The average molecular weight is 212 g/mol. The Morgan fingerprint density at radius 1 is 1.60 bits per heavy atom. The molecule has 0 saturated heterocycles. The molecule has 0 N–H and O–H groups in total. The van der Waals surface area contributed by atoms with Crippen LogP contribution in [0.5, 0.6) is 0 Å². The van der Waals surface area contributed by atoms with Gasteiger partial charge < -0.3 is 14.2 Å². The van der Waals surface area contributed by atoms with Gasteiger partial charge in [-0.15, -0.1) is 0 Å². The Morgan fingerprint density at radius 2 is 2.33 bits per heavy atom. The summed E-state index contributed by atoms with van der Waals surface area (Å²) in [6, 6.07) is 1.47. The van der Waals surface area contributed by atoms with Gasteiger partial charge in [0.25, 0.3) is 5.91 Å². The quantitative estimate of drug-likeness (QED) is 0.671. The average Bonchev–Trinajstić information content (AvgIpc) is 2.77. The highest BCUT2D eigenvalue weighted by Crippen LogP contribution is 2.02. The number of rotatable bonds is 4. The van der Waals surface area contributed by atoms with Crippen molar-refractivity contribution in [1.29, 1.82) is 0 Å². The van der Waals surface area contributed by atoms with E-state index < -0.39 is 0 Å². The minimum atomic E-state index is -0.354. The lowest BCUT2D eigenvalue weighted by atomic mass is 10.3. The predicted octanol–water partition coefficient (Wildman–Crippen LogP) is 0.310. The largest absolute Gasteiger partial charge is 0.469 e. The highest BCUT2D eigenvalue weighted by molar-refractivity contribution is 5.91. The van der Waals surface area contributed by atoms with Gasteiger partial charge in [-0.3, -0.25) is 9.59 Å². The number of nitrogens with zero attached hydrogens (tertiary/aromatic N) is 2. The molecule has 0 bridgehead atoms. The third-order valence-electron chi connectivity index (χ3n) is 1.87. The number of carbonyl (C=O) groups is 2. The minimum absolute atomic E-state index is 0.155. The number of methoxy groups -OCH3 is 1. The Balaban J connectivity index is 2.44. The molecule has 0 fully saturated rings. The van der Waals surface area contributed by atoms with Crippen LogP contribution in [0.3, 0.4) is 0 Å². The molecule has 1 rings (SSSR count). The second-order valence-electron chi connectivity index (χ2n) is 2.93. The van der Waals surface area contributed by atoms with Crippen LogP contribution in [0.15, 0.2) is 16.8 Å². The van der Waals surface area contributed by atoms with Crippen LogP contribution >= 0.6 is 0 Å². The van der Waals surface area contributed by atoms with E-state index in [1.165, 1.54) is 24.3 Å². The number of ether oxygens (including phenoxy) is 1. The topological polar surface area (TPSA) is 72.6 Å². The first kappa shape index (κ1) is 11.2. The predicted molar refractivity (Wildman–Crippen MR) is 50.1 cm³/mol. The number of amides is 1. The van der Waals surface area contributed by atoms with E-state index in [9.17, 15) is 9.59 Å². The van der Waals surface area contributed by atoms with Crippen molar-refractivity contribution in [1.82, 2.24) is 10.1 Å². The van der Waals surface area contributed by atoms with Gasteiger partial charge in [-0.25, -0.2) is 0 Å².